The van der Waals surface area contributed by atoms with E-state index in [0.29, 0.717) is 29.4 Å². The van der Waals surface area contributed by atoms with Gasteiger partial charge in [0.2, 0.25) is 0 Å². The molecule has 158 valence electrons. The summed E-state index contributed by atoms with van der Waals surface area (Å²) in [6, 6.07) is 11.6. The first-order valence-corrected chi connectivity index (χ1v) is 10.8. The van der Waals surface area contributed by atoms with Crippen molar-refractivity contribution < 1.29 is 9.32 Å². The third-order valence-corrected chi connectivity index (χ3v) is 5.87. The van der Waals surface area contributed by atoms with Gasteiger partial charge in [-0.05, 0) is 37.1 Å². The second-order valence-corrected chi connectivity index (χ2v) is 8.00. The number of hydrogen-bond donors (Lipinski definition) is 1. The topological polar surface area (TPSA) is 98.7 Å². The summed E-state index contributed by atoms with van der Waals surface area (Å²) in [5.41, 5.74) is 4.59. The summed E-state index contributed by atoms with van der Waals surface area (Å²) in [6.07, 6.45) is 4.90. The number of nitrogens with zero attached hydrogens (tertiary/aromatic N) is 5. The Morgan fingerprint density at radius 1 is 1.16 bits per heavy atom. The second kappa shape index (κ2) is 9.57. The van der Waals surface area contributed by atoms with Gasteiger partial charge in [0.25, 0.3) is 5.91 Å². The number of benzene rings is 1. The van der Waals surface area contributed by atoms with Crippen molar-refractivity contribution >= 4 is 17.7 Å². The maximum absolute atomic E-state index is 12.8. The van der Waals surface area contributed by atoms with Crippen molar-refractivity contribution in [3.63, 3.8) is 0 Å². The number of pyridine rings is 1. The van der Waals surface area contributed by atoms with Crippen LogP contribution in [0.3, 0.4) is 0 Å². The summed E-state index contributed by atoms with van der Waals surface area (Å²) in [5.74, 6) is 1.28. The molecule has 0 saturated heterocycles. The number of amides is 1. The highest BCUT2D eigenvalue weighted by molar-refractivity contribution is 7.98. The molecule has 3 heterocycles. The molecule has 1 N–H and O–H groups in total. The molecule has 31 heavy (non-hydrogen) atoms. The first kappa shape index (κ1) is 20.8. The molecule has 0 fully saturated rings. The largest absolute Gasteiger partial charge is 0.361 e. The van der Waals surface area contributed by atoms with Crippen molar-refractivity contribution in [1.29, 1.82) is 0 Å². The molecule has 0 spiro atoms. The van der Waals surface area contributed by atoms with E-state index in [1.807, 2.05) is 38.1 Å². The summed E-state index contributed by atoms with van der Waals surface area (Å²) in [7, 11) is 0. The normalized spacial score (nSPS) is 10.9. The third kappa shape index (κ3) is 5.18. The van der Waals surface area contributed by atoms with Crippen LogP contribution < -0.4 is 5.32 Å². The molecule has 0 aliphatic rings. The van der Waals surface area contributed by atoms with E-state index in [-0.39, 0.29) is 5.91 Å². The number of hydrogen-bond acceptors (Lipinski definition) is 7. The molecule has 3 aromatic heterocycles. The van der Waals surface area contributed by atoms with Crippen LogP contribution >= 0.6 is 11.8 Å². The first-order valence-electron chi connectivity index (χ1n) is 9.78. The molecule has 4 rings (SSSR count). The van der Waals surface area contributed by atoms with E-state index in [0.717, 1.165) is 28.1 Å². The van der Waals surface area contributed by atoms with Gasteiger partial charge in [0.05, 0.1) is 17.8 Å². The SMILES string of the molecule is Cc1noc(C)c1CSc1ncccc1C(=O)NCc1ccc(Cn2cncn2)cc1. The summed E-state index contributed by atoms with van der Waals surface area (Å²) in [4.78, 5) is 21.1. The Bertz CT molecular complexity index is 1140. The van der Waals surface area contributed by atoms with Crippen LogP contribution in [-0.4, -0.2) is 30.8 Å². The van der Waals surface area contributed by atoms with Crippen molar-refractivity contribution in [2.75, 3.05) is 0 Å². The summed E-state index contributed by atoms with van der Waals surface area (Å²) in [6.45, 7) is 4.90. The Hall–Kier alpha value is -3.46. The zero-order chi connectivity index (χ0) is 21.6. The van der Waals surface area contributed by atoms with Gasteiger partial charge in [0, 0.05) is 24.1 Å². The molecular weight excluding hydrogens is 412 g/mol. The molecule has 0 saturated carbocycles. The van der Waals surface area contributed by atoms with Gasteiger partial charge in [0.1, 0.15) is 23.4 Å². The predicted molar refractivity (Wildman–Crippen MR) is 117 cm³/mol. The Kier molecular flexibility index (Phi) is 6.42. The highest BCUT2D eigenvalue weighted by Crippen LogP contribution is 2.27. The van der Waals surface area contributed by atoms with Crippen molar-refractivity contribution in [1.82, 2.24) is 30.2 Å². The molecule has 0 bridgehead atoms. The fourth-order valence-corrected chi connectivity index (χ4v) is 4.21. The number of carbonyl (C=O) groups is 1. The highest BCUT2D eigenvalue weighted by Gasteiger charge is 2.15. The molecule has 0 radical (unpaired) electrons. The standard InChI is InChI=1S/C22H22N6O2S/c1-15-20(16(2)30-27-15)12-31-22-19(4-3-9-24-22)21(29)25-10-17-5-7-18(8-6-17)11-28-14-23-13-26-28/h3-9,13-14H,10-12H2,1-2H3,(H,25,29). The summed E-state index contributed by atoms with van der Waals surface area (Å²) < 4.78 is 6.98. The van der Waals surface area contributed by atoms with Crippen molar-refractivity contribution in [2.24, 2.45) is 0 Å². The van der Waals surface area contributed by atoms with Crippen LogP contribution in [0.25, 0.3) is 0 Å². The fourth-order valence-electron chi connectivity index (χ4n) is 3.07. The molecule has 4 aromatic rings. The fraction of sp³-hybridized carbons (Fsp3) is 0.227. The number of thioether (sulfide) groups is 1. The van der Waals surface area contributed by atoms with Crippen LogP contribution in [-0.2, 0) is 18.8 Å². The molecule has 0 aliphatic heterocycles. The van der Waals surface area contributed by atoms with Crippen LogP contribution in [0.15, 0.2) is 64.8 Å². The zero-order valence-electron chi connectivity index (χ0n) is 17.3. The Balaban J connectivity index is 1.36. The number of aromatic nitrogens is 5. The number of aryl methyl sites for hydroxylation is 2. The van der Waals surface area contributed by atoms with Crippen molar-refractivity contribution in [3.8, 4) is 0 Å². The van der Waals surface area contributed by atoms with E-state index in [2.05, 4.69) is 25.5 Å². The number of carbonyl (C=O) groups excluding carboxylic acids is 1. The molecule has 1 aromatic carbocycles. The zero-order valence-corrected chi connectivity index (χ0v) is 18.1. The lowest BCUT2D eigenvalue weighted by atomic mass is 10.1. The lowest BCUT2D eigenvalue weighted by Crippen LogP contribution is -2.23. The number of rotatable bonds is 8. The van der Waals surface area contributed by atoms with Gasteiger partial charge in [0.15, 0.2) is 0 Å². The molecule has 9 heteroatoms. The van der Waals surface area contributed by atoms with Gasteiger partial charge < -0.3 is 9.84 Å². The van der Waals surface area contributed by atoms with Crippen LogP contribution in [0.2, 0.25) is 0 Å². The van der Waals surface area contributed by atoms with Crippen molar-refractivity contribution in [3.05, 3.63) is 89.0 Å². The van der Waals surface area contributed by atoms with Gasteiger partial charge in [-0.2, -0.15) is 5.10 Å². The number of nitrogens with one attached hydrogen (secondary N) is 1. The highest BCUT2D eigenvalue weighted by atomic mass is 32.2. The molecule has 1 amide bonds. The molecule has 8 nitrogen and oxygen atoms in total. The predicted octanol–water partition coefficient (Wildman–Crippen LogP) is 3.55. The average molecular weight is 435 g/mol. The van der Waals surface area contributed by atoms with Gasteiger partial charge >= 0.3 is 0 Å². The minimum atomic E-state index is -0.152. The van der Waals surface area contributed by atoms with Crippen LogP contribution in [0.5, 0.6) is 0 Å². The van der Waals surface area contributed by atoms with E-state index >= 15 is 0 Å². The maximum atomic E-state index is 12.8. The monoisotopic (exact) mass is 434 g/mol. The lowest BCUT2D eigenvalue weighted by Gasteiger charge is -2.10. The lowest BCUT2D eigenvalue weighted by molar-refractivity contribution is 0.0947. The smallest absolute Gasteiger partial charge is 0.254 e. The molecule has 0 unspecified atom stereocenters. The van der Waals surface area contributed by atoms with E-state index < -0.39 is 0 Å². The van der Waals surface area contributed by atoms with Gasteiger partial charge in [-0.25, -0.2) is 14.6 Å². The maximum Gasteiger partial charge on any atom is 0.254 e. The van der Waals surface area contributed by atoms with E-state index in [4.69, 9.17) is 4.52 Å². The summed E-state index contributed by atoms with van der Waals surface area (Å²) >= 11 is 1.50. The minimum Gasteiger partial charge on any atom is -0.361 e. The van der Waals surface area contributed by atoms with E-state index in [1.54, 1.807) is 29.3 Å². The quantitative estimate of drug-likeness (QED) is 0.423. The van der Waals surface area contributed by atoms with Gasteiger partial charge in [-0.3, -0.25) is 4.79 Å². The minimum absolute atomic E-state index is 0.152. The first-order chi connectivity index (χ1) is 15.1. The summed E-state index contributed by atoms with van der Waals surface area (Å²) in [5, 5.41) is 11.8. The third-order valence-electron chi connectivity index (χ3n) is 4.84. The van der Waals surface area contributed by atoms with Gasteiger partial charge in [-0.1, -0.05) is 29.4 Å². The Labute approximate surface area is 184 Å². The van der Waals surface area contributed by atoms with E-state index in [1.165, 1.54) is 18.1 Å². The average Bonchev–Trinajstić information content (AvgIpc) is 3.41. The molecular formula is C22H22N6O2S. The Morgan fingerprint density at radius 2 is 1.97 bits per heavy atom. The second-order valence-electron chi connectivity index (χ2n) is 7.04. The van der Waals surface area contributed by atoms with E-state index in [9.17, 15) is 4.79 Å². The van der Waals surface area contributed by atoms with Gasteiger partial charge in [-0.15, -0.1) is 11.8 Å². The van der Waals surface area contributed by atoms with Crippen molar-refractivity contribution in [2.45, 2.75) is 37.7 Å². The Morgan fingerprint density at radius 3 is 2.68 bits per heavy atom. The molecule has 0 atom stereocenters. The molecule has 0 aliphatic carbocycles. The van der Waals surface area contributed by atoms with Crippen LogP contribution in [0, 0.1) is 13.8 Å². The van der Waals surface area contributed by atoms with Crippen LogP contribution in [0.1, 0.15) is 38.5 Å². The van der Waals surface area contributed by atoms with Crippen LogP contribution in [0.4, 0.5) is 0 Å².